The number of ether oxygens (including phenoxy) is 2. The molecule has 0 saturated carbocycles. The van der Waals surface area contributed by atoms with Crippen molar-refractivity contribution in [1.29, 1.82) is 0 Å². The van der Waals surface area contributed by atoms with Crippen LogP contribution in [0.2, 0.25) is 0 Å². The topological polar surface area (TPSA) is 48.0 Å². The second-order valence-electron chi connectivity index (χ2n) is 4.66. The second kappa shape index (κ2) is 5.28. The molecule has 102 valence electrons. The Kier molecular flexibility index (Phi) is 3.50. The maximum atomic E-state index is 11.8. The first-order valence-corrected chi connectivity index (χ1v) is 6.58. The Balaban J connectivity index is 1.82. The fourth-order valence-corrected chi connectivity index (χ4v) is 2.56. The minimum Gasteiger partial charge on any atom is -0.462 e. The highest BCUT2D eigenvalue weighted by atomic mass is 16.8. The van der Waals surface area contributed by atoms with Gasteiger partial charge in [0.2, 0.25) is 0 Å². The SMILES string of the molecule is CCO[C@@H]1C[C@H]2C(=O)OC[C@H](c3ccccc3)N2O1. The quantitative estimate of drug-likeness (QED) is 0.776. The van der Waals surface area contributed by atoms with Gasteiger partial charge >= 0.3 is 5.97 Å². The van der Waals surface area contributed by atoms with Gasteiger partial charge in [0.25, 0.3) is 0 Å². The van der Waals surface area contributed by atoms with Crippen LogP contribution in [0.1, 0.15) is 24.9 Å². The molecule has 2 saturated heterocycles. The first-order chi connectivity index (χ1) is 9.29. The van der Waals surface area contributed by atoms with E-state index in [0.29, 0.717) is 19.6 Å². The molecule has 0 amide bonds. The van der Waals surface area contributed by atoms with Crippen LogP contribution >= 0.6 is 0 Å². The number of hydrogen-bond acceptors (Lipinski definition) is 5. The van der Waals surface area contributed by atoms with Gasteiger partial charge in [-0.1, -0.05) is 30.3 Å². The number of morpholine rings is 1. The molecule has 2 heterocycles. The molecule has 2 aliphatic rings. The van der Waals surface area contributed by atoms with Crippen LogP contribution in [0, 0.1) is 0 Å². The smallest absolute Gasteiger partial charge is 0.326 e. The summed E-state index contributed by atoms with van der Waals surface area (Å²) < 4.78 is 10.7. The number of benzene rings is 1. The normalized spacial score (nSPS) is 31.0. The number of nitrogens with zero attached hydrogens (tertiary/aromatic N) is 1. The average molecular weight is 263 g/mol. The molecule has 1 aromatic rings. The third-order valence-electron chi connectivity index (χ3n) is 3.46. The summed E-state index contributed by atoms with van der Waals surface area (Å²) in [5, 5.41) is 1.74. The summed E-state index contributed by atoms with van der Waals surface area (Å²) in [7, 11) is 0. The Hall–Kier alpha value is -1.43. The summed E-state index contributed by atoms with van der Waals surface area (Å²) in [5.74, 6) is -0.227. The van der Waals surface area contributed by atoms with Crippen molar-refractivity contribution in [3.05, 3.63) is 35.9 Å². The molecule has 3 atom stereocenters. The molecule has 1 aromatic carbocycles. The largest absolute Gasteiger partial charge is 0.462 e. The van der Waals surface area contributed by atoms with Crippen molar-refractivity contribution in [1.82, 2.24) is 5.06 Å². The third-order valence-corrected chi connectivity index (χ3v) is 3.46. The zero-order valence-electron chi connectivity index (χ0n) is 10.8. The van der Waals surface area contributed by atoms with Crippen molar-refractivity contribution >= 4 is 5.97 Å². The predicted octanol–water partition coefficient (Wildman–Crippen LogP) is 1.65. The van der Waals surface area contributed by atoms with Crippen LogP contribution in [0.15, 0.2) is 30.3 Å². The Morgan fingerprint density at radius 2 is 2.11 bits per heavy atom. The Morgan fingerprint density at radius 1 is 1.32 bits per heavy atom. The Labute approximate surface area is 112 Å². The van der Waals surface area contributed by atoms with Gasteiger partial charge in [0, 0.05) is 13.0 Å². The zero-order valence-corrected chi connectivity index (χ0v) is 10.8. The van der Waals surface area contributed by atoms with Crippen LogP contribution < -0.4 is 0 Å². The second-order valence-corrected chi connectivity index (χ2v) is 4.66. The van der Waals surface area contributed by atoms with E-state index in [-0.39, 0.29) is 24.3 Å². The maximum Gasteiger partial charge on any atom is 0.326 e. The Morgan fingerprint density at radius 3 is 2.84 bits per heavy atom. The number of cyclic esters (lactones) is 1. The Bertz CT molecular complexity index is 450. The molecule has 5 nitrogen and oxygen atoms in total. The van der Waals surface area contributed by atoms with Gasteiger partial charge in [-0.25, -0.2) is 0 Å². The lowest BCUT2D eigenvalue weighted by Gasteiger charge is -2.34. The highest BCUT2D eigenvalue weighted by Gasteiger charge is 2.47. The van der Waals surface area contributed by atoms with E-state index in [1.165, 1.54) is 0 Å². The lowest BCUT2D eigenvalue weighted by Crippen LogP contribution is -2.46. The number of hydroxylamine groups is 2. The molecule has 0 N–H and O–H groups in total. The highest BCUT2D eigenvalue weighted by Crippen LogP contribution is 2.35. The van der Waals surface area contributed by atoms with Crippen LogP contribution in [0.5, 0.6) is 0 Å². The summed E-state index contributed by atoms with van der Waals surface area (Å²) in [5.41, 5.74) is 1.08. The molecule has 0 radical (unpaired) electrons. The van der Waals surface area contributed by atoms with E-state index < -0.39 is 0 Å². The molecule has 3 rings (SSSR count). The minimum absolute atomic E-state index is 0.0608. The van der Waals surface area contributed by atoms with Gasteiger partial charge in [0.15, 0.2) is 6.29 Å². The first kappa shape index (κ1) is 12.6. The van der Waals surface area contributed by atoms with Crippen molar-refractivity contribution in [2.75, 3.05) is 13.2 Å². The van der Waals surface area contributed by atoms with Gasteiger partial charge in [0.05, 0.1) is 6.04 Å². The van der Waals surface area contributed by atoms with Crippen LogP contribution in [-0.2, 0) is 19.1 Å². The van der Waals surface area contributed by atoms with Gasteiger partial charge in [0.1, 0.15) is 12.6 Å². The van der Waals surface area contributed by atoms with Crippen LogP contribution in [0.25, 0.3) is 0 Å². The minimum atomic E-state index is -0.365. The molecular weight excluding hydrogens is 246 g/mol. The standard InChI is InChI=1S/C14H17NO4/c1-2-17-13-8-11-14(16)18-9-12(15(11)19-13)10-6-4-3-5-7-10/h3-7,11-13H,2,8-9H2,1H3/t11-,12+,13-/m0/s1. The molecule has 2 fully saturated rings. The van der Waals surface area contributed by atoms with Crippen LogP contribution in [-0.4, -0.2) is 36.6 Å². The van der Waals surface area contributed by atoms with Crippen molar-refractivity contribution in [3.63, 3.8) is 0 Å². The van der Waals surface area contributed by atoms with Crippen molar-refractivity contribution in [2.45, 2.75) is 31.7 Å². The van der Waals surface area contributed by atoms with Gasteiger partial charge in [-0.15, -0.1) is 0 Å². The van der Waals surface area contributed by atoms with E-state index in [1.807, 2.05) is 37.3 Å². The number of fused-ring (bicyclic) bond motifs is 1. The summed E-state index contributed by atoms with van der Waals surface area (Å²) in [6, 6.07) is 9.50. The van der Waals surface area contributed by atoms with Crippen molar-refractivity contribution in [2.24, 2.45) is 0 Å². The molecule has 0 bridgehead atoms. The molecule has 0 unspecified atom stereocenters. The lowest BCUT2D eigenvalue weighted by atomic mass is 10.0. The summed E-state index contributed by atoms with van der Waals surface area (Å²) >= 11 is 0. The number of rotatable bonds is 3. The van der Waals surface area contributed by atoms with Crippen LogP contribution in [0.4, 0.5) is 0 Å². The van der Waals surface area contributed by atoms with E-state index >= 15 is 0 Å². The number of esters is 1. The fraction of sp³-hybridized carbons (Fsp3) is 0.500. The van der Waals surface area contributed by atoms with Crippen LogP contribution in [0.3, 0.4) is 0 Å². The number of hydrogen-bond donors (Lipinski definition) is 0. The van der Waals surface area contributed by atoms with Gasteiger partial charge in [-0.2, -0.15) is 5.06 Å². The monoisotopic (exact) mass is 263 g/mol. The summed E-state index contributed by atoms with van der Waals surface area (Å²) in [4.78, 5) is 17.6. The molecule has 2 aliphatic heterocycles. The van der Waals surface area contributed by atoms with E-state index in [9.17, 15) is 4.79 Å². The molecule has 19 heavy (non-hydrogen) atoms. The van der Waals surface area contributed by atoms with Gasteiger partial charge in [-0.05, 0) is 12.5 Å². The predicted molar refractivity (Wildman–Crippen MR) is 66.9 cm³/mol. The molecule has 0 aromatic heterocycles. The molecule has 5 heteroatoms. The summed E-state index contributed by atoms with van der Waals surface area (Å²) in [6.07, 6.45) is 0.169. The first-order valence-electron chi connectivity index (χ1n) is 6.58. The van der Waals surface area contributed by atoms with E-state index in [0.717, 1.165) is 5.56 Å². The van der Waals surface area contributed by atoms with Gasteiger partial charge in [-0.3, -0.25) is 9.63 Å². The van der Waals surface area contributed by atoms with E-state index in [2.05, 4.69) is 0 Å². The molecular formula is C14H17NO4. The highest BCUT2D eigenvalue weighted by molar-refractivity contribution is 5.76. The number of carbonyl (C=O) groups excluding carboxylic acids is 1. The summed E-state index contributed by atoms with van der Waals surface area (Å²) in [6.45, 7) is 2.79. The fourth-order valence-electron chi connectivity index (χ4n) is 2.56. The molecule has 0 aliphatic carbocycles. The number of carbonyl (C=O) groups is 1. The third kappa shape index (κ3) is 2.36. The van der Waals surface area contributed by atoms with E-state index in [1.54, 1.807) is 5.06 Å². The van der Waals surface area contributed by atoms with Crippen molar-refractivity contribution in [3.8, 4) is 0 Å². The maximum absolute atomic E-state index is 11.8. The molecule has 0 spiro atoms. The lowest BCUT2D eigenvalue weighted by molar-refractivity contribution is -0.270. The van der Waals surface area contributed by atoms with E-state index in [4.69, 9.17) is 14.3 Å². The average Bonchev–Trinajstić information content (AvgIpc) is 2.85. The van der Waals surface area contributed by atoms with Gasteiger partial charge < -0.3 is 9.47 Å². The van der Waals surface area contributed by atoms with Crippen molar-refractivity contribution < 1.29 is 19.1 Å². The zero-order chi connectivity index (χ0) is 13.2.